The predicted molar refractivity (Wildman–Crippen MR) is 83.1 cm³/mol. The molecule has 0 unspecified atom stereocenters. The van der Waals surface area contributed by atoms with Gasteiger partial charge in [0.2, 0.25) is 0 Å². The molecule has 2 rings (SSSR count). The third kappa shape index (κ3) is 5.12. The number of carbonyl (C=O) groups is 2. The number of thioether (sulfide) groups is 1. The third-order valence-electron chi connectivity index (χ3n) is 2.56. The number of hydrogen-bond acceptors (Lipinski definition) is 4. The lowest BCUT2D eigenvalue weighted by atomic mass is 10.3. The van der Waals surface area contributed by atoms with Crippen LogP contribution in [0.15, 0.2) is 46.0 Å². The summed E-state index contributed by atoms with van der Waals surface area (Å²) in [6.45, 7) is 0.261. The Labute approximate surface area is 133 Å². The van der Waals surface area contributed by atoms with E-state index in [4.69, 9.17) is 0 Å². The van der Waals surface area contributed by atoms with E-state index in [1.54, 1.807) is 0 Å². The third-order valence-corrected chi connectivity index (χ3v) is 3.99. The van der Waals surface area contributed by atoms with Crippen LogP contribution in [0.25, 0.3) is 0 Å². The van der Waals surface area contributed by atoms with E-state index in [9.17, 15) is 18.4 Å². The molecule has 2 N–H and O–H groups in total. The summed E-state index contributed by atoms with van der Waals surface area (Å²) < 4.78 is 24.6. The molecule has 0 aliphatic heterocycles. The van der Waals surface area contributed by atoms with Gasteiger partial charge in [-0.15, -0.1) is 0 Å². The van der Waals surface area contributed by atoms with Gasteiger partial charge in [-0.1, -0.05) is 17.8 Å². The van der Waals surface area contributed by atoms with Gasteiger partial charge >= 0.3 is 11.8 Å². The maximum atomic E-state index is 12.3. The Bertz CT molecular complexity index is 648. The van der Waals surface area contributed by atoms with E-state index >= 15 is 0 Å². The molecule has 1 aromatic carbocycles. The minimum Gasteiger partial charge on any atom is -0.344 e. The van der Waals surface area contributed by atoms with Crippen LogP contribution in [0.5, 0.6) is 0 Å². The highest BCUT2D eigenvalue weighted by Gasteiger charge is 2.14. The minimum absolute atomic E-state index is 0.261. The topological polar surface area (TPSA) is 58.2 Å². The smallest absolute Gasteiger partial charge is 0.313 e. The molecular formula is C14H12F2N2O2S2. The van der Waals surface area contributed by atoms with Crippen molar-refractivity contribution in [3.63, 3.8) is 0 Å². The van der Waals surface area contributed by atoms with Gasteiger partial charge in [0, 0.05) is 17.1 Å². The summed E-state index contributed by atoms with van der Waals surface area (Å²) in [7, 11) is 0. The van der Waals surface area contributed by atoms with E-state index in [2.05, 4.69) is 10.6 Å². The normalized spacial score (nSPS) is 10.5. The van der Waals surface area contributed by atoms with Crippen LogP contribution in [-0.4, -0.2) is 17.6 Å². The molecule has 2 amide bonds. The van der Waals surface area contributed by atoms with E-state index in [0.717, 1.165) is 5.56 Å². The number of alkyl halides is 2. The van der Waals surface area contributed by atoms with Crippen molar-refractivity contribution >= 4 is 40.6 Å². The summed E-state index contributed by atoms with van der Waals surface area (Å²) in [5, 5.41) is 8.59. The molecule has 4 nitrogen and oxygen atoms in total. The maximum Gasteiger partial charge on any atom is 0.313 e. The largest absolute Gasteiger partial charge is 0.344 e. The lowest BCUT2D eigenvalue weighted by molar-refractivity contribution is -0.136. The molecule has 0 radical (unpaired) electrons. The van der Waals surface area contributed by atoms with Gasteiger partial charge < -0.3 is 10.6 Å². The van der Waals surface area contributed by atoms with Gasteiger partial charge in [-0.3, -0.25) is 9.59 Å². The maximum absolute atomic E-state index is 12.3. The summed E-state index contributed by atoms with van der Waals surface area (Å²) in [5.74, 6) is -4.16. The first-order valence-electron chi connectivity index (χ1n) is 6.20. The summed E-state index contributed by atoms with van der Waals surface area (Å²) in [4.78, 5) is 23.7. The first-order valence-corrected chi connectivity index (χ1v) is 8.02. The van der Waals surface area contributed by atoms with Crippen LogP contribution in [-0.2, 0) is 16.1 Å². The van der Waals surface area contributed by atoms with Crippen molar-refractivity contribution in [1.82, 2.24) is 5.32 Å². The van der Waals surface area contributed by atoms with Gasteiger partial charge in [0.15, 0.2) is 0 Å². The second kappa shape index (κ2) is 7.90. The van der Waals surface area contributed by atoms with E-state index in [1.165, 1.54) is 35.6 Å². The fourth-order valence-electron chi connectivity index (χ4n) is 1.59. The number of carbonyl (C=O) groups excluding carboxylic acids is 2. The quantitative estimate of drug-likeness (QED) is 0.647. The van der Waals surface area contributed by atoms with Crippen molar-refractivity contribution in [1.29, 1.82) is 0 Å². The lowest BCUT2D eigenvalue weighted by Crippen LogP contribution is -2.34. The predicted octanol–water partition coefficient (Wildman–Crippen LogP) is 3.32. The van der Waals surface area contributed by atoms with Crippen LogP contribution < -0.4 is 10.6 Å². The molecular weight excluding hydrogens is 330 g/mol. The highest BCUT2D eigenvalue weighted by molar-refractivity contribution is 7.99. The number of thiophene rings is 1. The molecule has 0 atom stereocenters. The molecule has 0 saturated carbocycles. The van der Waals surface area contributed by atoms with Crippen molar-refractivity contribution in [3.05, 3.63) is 46.7 Å². The minimum atomic E-state index is -2.54. The molecule has 2 aromatic rings. The molecule has 0 aliphatic rings. The Morgan fingerprint density at radius 2 is 2.05 bits per heavy atom. The number of rotatable bonds is 5. The second-order valence-corrected chi connectivity index (χ2v) is 6.02. The summed E-state index contributed by atoms with van der Waals surface area (Å²) >= 11 is 1.87. The SMILES string of the molecule is O=C(NCc1ccsc1)C(=O)Nc1cccc(SC(F)F)c1. The van der Waals surface area contributed by atoms with Crippen LogP contribution in [0.4, 0.5) is 14.5 Å². The molecule has 116 valence electrons. The van der Waals surface area contributed by atoms with Gasteiger partial charge in [0.05, 0.1) is 0 Å². The number of halogens is 2. The number of benzene rings is 1. The highest BCUT2D eigenvalue weighted by Crippen LogP contribution is 2.27. The lowest BCUT2D eigenvalue weighted by Gasteiger charge is -2.07. The molecule has 0 saturated heterocycles. The Kier molecular flexibility index (Phi) is 5.91. The number of nitrogens with one attached hydrogen (secondary N) is 2. The van der Waals surface area contributed by atoms with Crippen molar-refractivity contribution in [2.45, 2.75) is 17.2 Å². The second-order valence-electron chi connectivity index (χ2n) is 4.17. The monoisotopic (exact) mass is 342 g/mol. The average Bonchev–Trinajstić information content (AvgIpc) is 2.97. The molecule has 0 fully saturated rings. The number of anilines is 1. The Balaban J connectivity index is 1.89. The summed E-state index contributed by atoms with van der Waals surface area (Å²) in [5.41, 5.74) is 1.20. The summed E-state index contributed by atoms with van der Waals surface area (Å²) in [6, 6.07) is 7.79. The van der Waals surface area contributed by atoms with Gasteiger partial charge in [0.1, 0.15) is 0 Å². The first-order chi connectivity index (χ1) is 10.5. The zero-order valence-electron chi connectivity index (χ0n) is 11.2. The molecule has 1 heterocycles. The van der Waals surface area contributed by atoms with E-state index < -0.39 is 17.6 Å². The molecule has 0 aliphatic carbocycles. The van der Waals surface area contributed by atoms with Crippen LogP contribution in [0, 0.1) is 0 Å². The average molecular weight is 342 g/mol. The van der Waals surface area contributed by atoms with Crippen LogP contribution >= 0.6 is 23.1 Å². The summed E-state index contributed by atoms with van der Waals surface area (Å²) in [6.07, 6.45) is 0. The first kappa shape index (κ1) is 16.4. The van der Waals surface area contributed by atoms with Crippen molar-refractivity contribution in [3.8, 4) is 0 Å². The van der Waals surface area contributed by atoms with E-state index in [-0.39, 0.29) is 6.54 Å². The molecule has 0 bridgehead atoms. The van der Waals surface area contributed by atoms with E-state index in [1.807, 2.05) is 16.8 Å². The van der Waals surface area contributed by atoms with Crippen molar-refractivity contribution in [2.75, 3.05) is 5.32 Å². The highest BCUT2D eigenvalue weighted by atomic mass is 32.2. The van der Waals surface area contributed by atoms with Crippen LogP contribution in [0.2, 0.25) is 0 Å². The van der Waals surface area contributed by atoms with Crippen molar-refractivity contribution in [2.24, 2.45) is 0 Å². The zero-order valence-corrected chi connectivity index (χ0v) is 12.8. The number of hydrogen-bond donors (Lipinski definition) is 2. The van der Waals surface area contributed by atoms with Gasteiger partial charge in [-0.25, -0.2) is 0 Å². The van der Waals surface area contributed by atoms with Gasteiger partial charge in [0.25, 0.3) is 5.76 Å². The van der Waals surface area contributed by atoms with Crippen LogP contribution in [0.3, 0.4) is 0 Å². The molecule has 0 spiro atoms. The Morgan fingerprint density at radius 1 is 1.23 bits per heavy atom. The Hall–Kier alpha value is -1.93. The fourth-order valence-corrected chi connectivity index (χ4v) is 2.82. The molecule has 1 aromatic heterocycles. The fraction of sp³-hybridized carbons (Fsp3) is 0.143. The Morgan fingerprint density at radius 3 is 2.73 bits per heavy atom. The molecule has 8 heteroatoms. The van der Waals surface area contributed by atoms with E-state index in [0.29, 0.717) is 22.3 Å². The number of amides is 2. The van der Waals surface area contributed by atoms with Crippen LogP contribution in [0.1, 0.15) is 5.56 Å². The standard InChI is InChI=1S/C14H12F2N2O2S2/c15-14(16)22-11-3-1-2-10(6-11)18-13(20)12(19)17-7-9-4-5-21-8-9/h1-6,8,14H,7H2,(H,17,19)(H,18,20). The zero-order chi connectivity index (χ0) is 15.9. The van der Waals surface area contributed by atoms with Crippen molar-refractivity contribution < 1.29 is 18.4 Å². The molecule has 22 heavy (non-hydrogen) atoms. The van der Waals surface area contributed by atoms with Gasteiger partial charge in [-0.05, 0) is 40.6 Å². The van der Waals surface area contributed by atoms with Gasteiger partial charge in [-0.2, -0.15) is 20.1 Å².